The molecule has 6 nitrogen and oxygen atoms in total. The molecule has 1 amide bonds. The number of ether oxygens (including phenoxy) is 1. The summed E-state index contributed by atoms with van der Waals surface area (Å²) in [5.41, 5.74) is 2.19. The molecule has 0 fully saturated rings. The van der Waals surface area contributed by atoms with Crippen LogP contribution in [0.15, 0.2) is 46.4 Å². The summed E-state index contributed by atoms with van der Waals surface area (Å²) in [6.07, 6.45) is 1.63. The van der Waals surface area contributed by atoms with Gasteiger partial charge in [-0.05, 0) is 30.3 Å². The van der Waals surface area contributed by atoms with Gasteiger partial charge in [-0.2, -0.15) is 0 Å². The summed E-state index contributed by atoms with van der Waals surface area (Å²) in [7, 11) is 3.20. The van der Waals surface area contributed by atoms with Crippen molar-refractivity contribution < 1.29 is 13.9 Å². The second-order valence-electron chi connectivity index (χ2n) is 4.97. The minimum atomic E-state index is -0.144. The van der Waals surface area contributed by atoms with Gasteiger partial charge in [0.25, 0.3) is 5.91 Å². The number of hydrogen-bond acceptors (Lipinski definition) is 6. The molecule has 0 spiro atoms. The smallest absolute Gasteiger partial charge is 0.251 e. The van der Waals surface area contributed by atoms with Crippen LogP contribution in [-0.4, -0.2) is 25.0 Å². The summed E-state index contributed by atoms with van der Waals surface area (Å²) < 4.78 is 10.7. The van der Waals surface area contributed by atoms with E-state index in [1.807, 2.05) is 17.5 Å². The van der Waals surface area contributed by atoms with Gasteiger partial charge in [-0.1, -0.05) is 0 Å². The molecule has 0 unspecified atom stereocenters. The normalized spacial score (nSPS) is 10.4. The maximum absolute atomic E-state index is 11.8. The van der Waals surface area contributed by atoms with Crippen molar-refractivity contribution in [2.75, 3.05) is 19.5 Å². The fourth-order valence-corrected chi connectivity index (χ4v) is 3.01. The molecule has 0 saturated heterocycles. The third-order valence-electron chi connectivity index (χ3n) is 3.43. The monoisotopic (exact) mass is 343 g/mol. The minimum absolute atomic E-state index is 0.144. The first-order valence-electron chi connectivity index (χ1n) is 7.33. The predicted octanol–water partition coefficient (Wildman–Crippen LogP) is 3.38. The number of hydrogen-bond donors (Lipinski definition) is 2. The van der Waals surface area contributed by atoms with Crippen LogP contribution in [0.2, 0.25) is 0 Å². The van der Waals surface area contributed by atoms with Crippen molar-refractivity contribution in [3.63, 3.8) is 0 Å². The molecule has 0 aliphatic heterocycles. The summed E-state index contributed by atoms with van der Waals surface area (Å²) in [6, 6.07) is 8.97. The van der Waals surface area contributed by atoms with Gasteiger partial charge in [-0.15, -0.1) is 11.3 Å². The highest BCUT2D eigenvalue weighted by molar-refractivity contribution is 7.13. The zero-order valence-corrected chi connectivity index (χ0v) is 14.1. The molecule has 2 aromatic heterocycles. The number of aromatic nitrogens is 1. The van der Waals surface area contributed by atoms with Crippen LogP contribution in [0, 0.1) is 0 Å². The lowest BCUT2D eigenvalue weighted by atomic mass is 10.1. The number of carbonyl (C=O) groups excluding carboxylic acids is 1. The first-order chi connectivity index (χ1) is 11.7. The van der Waals surface area contributed by atoms with Crippen molar-refractivity contribution in [3.05, 3.63) is 53.2 Å². The van der Waals surface area contributed by atoms with Gasteiger partial charge in [0.1, 0.15) is 5.75 Å². The van der Waals surface area contributed by atoms with E-state index in [9.17, 15) is 4.79 Å². The zero-order chi connectivity index (χ0) is 16.9. The zero-order valence-electron chi connectivity index (χ0n) is 13.3. The summed E-state index contributed by atoms with van der Waals surface area (Å²) in [5, 5.41) is 8.69. The maximum Gasteiger partial charge on any atom is 0.251 e. The van der Waals surface area contributed by atoms with Gasteiger partial charge in [0.15, 0.2) is 10.8 Å². The molecule has 3 rings (SSSR count). The van der Waals surface area contributed by atoms with Crippen LogP contribution in [-0.2, 0) is 6.54 Å². The Balaban J connectivity index is 1.75. The molecule has 24 heavy (non-hydrogen) atoms. The van der Waals surface area contributed by atoms with Crippen LogP contribution >= 0.6 is 11.3 Å². The van der Waals surface area contributed by atoms with Crippen molar-refractivity contribution >= 4 is 22.9 Å². The molecule has 0 bridgehead atoms. The van der Waals surface area contributed by atoms with Crippen molar-refractivity contribution in [1.29, 1.82) is 0 Å². The fraction of sp³-hybridized carbons (Fsp3) is 0.176. The molecule has 2 heterocycles. The number of rotatable bonds is 6. The Morgan fingerprint density at radius 2 is 2.25 bits per heavy atom. The number of carbonyl (C=O) groups is 1. The van der Waals surface area contributed by atoms with E-state index in [4.69, 9.17) is 9.15 Å². The van der Waals surface area contributed by atoms with E-state index < -0.39 is 0 Å². The first kappa shape index (κ1) is 16.1. The summed E-state index contributed by atoms with van der Waals surface area (Å²) >= 11 is 1.52. The Kier molecular flexibility index (Phi) is 4.81. The molecule has 0 aliphatic rings. The molecular weight excluding hydrogens is 326 g/mol. The highest BCUT2D eigenvalue weighted by Crippen LogP contribution is 2.27. The Bertz CT molecular complexity index is 827. The van der Waals surface area contributed by atoms with E-state index in [1.54, 1.807) is 38.6 Å². The van der Waals surface area contributed by atoms with E-state index in [1.165, 1.54) is 11.3 Å². The lowest BCUT2D eigenvalue weighted by molar-refractivity contribution is 0.0963. The number of amides is 1. The molecule has 1 aromatic carbocycles. The van der Waals surface area contributed by atoms with Crippen LogP contribution in [0.5, 0.6) is 5.75 Å². The molecule has 0 radical (unpaired) electrons. The number of thiazole rings is 1. The van der Waals surface area contributed by atoms with Gasteiger partial charge in [0.2, 0.25) is 0 Å². The average molecular weight is 343 g/mol. The third-order valence-corrected chi connectivity index (χ3v) is 4.34. The average Bonchev–Trinajstić information content (AvgIpc) is 3.30. The Morgan fingerprint density at radius 1 is 1.38 bits per heavy atom. The Morgan fingerprint density at radius 3 is 2.96 bits per heavy atom. The summed E-state index contributed by atoms with van der Waals surface area (Å²) in [4.78, 5) is 16.3. The van der Waals surface area contributed by atoms with E-state index in [0.717, 1.165) is 22.1 Å². The van der Waals surface area contributed by atoms with E-state index >= 15 is 0 Å². The Hall–Kier alpha value is -2.80. The minimum Gasteiger partial charge on any atom is -0.495 e. The van der Waals surface area contributed by atoms with Gasteiger partial charge in [-0.3, -0.25) is 4.79 Å². The summed E-state index contributed by atoms with van der Waals surface area (Å²) in [5.74, 6) is 1.28. The highest BCUT2D eigenvalue weighted by Gasteiger charge is 2.11. The van der Waals surface area contributed by atoms with Crippen molar-refractivity contribution in [2.45, 2.75) is 6.54 Å². The molecular formula is C17H17N3O3S. The highest BCUT2D eigenvalue weighted by atomic mass is 32.1. The van der Waals surface area contributed by atoms with Crippen molar-refractivity contribution in [2.24, 2.45) is 0 Å². The summed E-state index contributed by atoms with van der Waals surface area (Å²) in [6.45, 7) is 0.519. The van der Waals surface area contributed by atoms with E-state index in [0.29, 0.717) is 17.9 Å². The quantitative estimate of drug-likeness (QED) is 0.717. The maximum atomic E-state index is 11.8. The second-order valence-corrected chi connectivity index (χ2v) is 5.83. The van der Waals surface area contributed by atoms with Crippen molar-refractivity contribution in [1.82, 2.24) is 10.3 Å². The number of benzene rings is 1. The predicted molar refractivity (Wildman–Crippen MR) is 93.5 cm³/mol. The van der Waals surface area contributed by atoms with Crippen LogP contribution in [0.1, 0.15) is 16.1 Å². The fourth-order valence-electron chi connectivity index (χ4n) is 2.22. The molecule has 124 valence electrons. The lowest BCUT2D eigenvalue weighted by Gasteiger charge is -2.11. The molecule has 0 atom stereocenters. The number of anilines is 1. The Labute approximate surface area is 143 Å². The van der Waals surface area contributed by atoms with Gasteiger partial charge >= 0.3 is 0 Å². The SMILES string of the molecule is CNC(=O)c1ccc(OC)c(NCc2csc(-c3ccco3)n2)c1. The van der Waals surface area contributed by atoms with Crippen molar-refractivity contribution in [3.8, 4) is 16.5 Å². The van der Waals surface area contributed by atoms with Gasteiger partial charge in [-0.25, -0.2) is 4.98 Å². The standard InChI is InChI=1S/C17H17N3O3S/c1-18-16(21)11-5-6-14(22-2)13(8-11)19-9-12-10-24-17(20-12)15-4-3-7-23-15/h3-8,10,19H,9H2,1-2H3,(H,18,21). The number of methoxy groups -OCH3 is 1. The second kappa shape index (κ2) is 7.18. The lowest BCUT2D eigenvalue weighted by Crippen LogP contribution is -2.18. The van der Waals surface area contributed by atoms with Gasteiger partial charge in [0.05, 0.1) is 31.3 Å². The van der Waals surface area contributed by atoms with Gasteiger partial charge < -0.3 is 19.8 Å². The third kappa shape index (κ3) is 3.41. The topological polar surface area (TPSA) is 76.4 Å². The number of furan rings is 1. The molecule has 0 aliphatic carbocycles. The van der Waals surface area contributed by atoms with Crippen LogP contribution in [0.25, 0.3) is 10.8 Å². The van der Waals surface area contributed by atoms with Crippen LogP contribution in [0.3, 0.4) is 0 Å². The van der Waals surface area contributed by atoms with E-state index in [2.05, 4.69) is 15.6 Å². The molecule has 3 aromatic rings. The van der Waals surface area contributed by atoms with Crippen LogP contribution < -0.4 is 15.4 Å². The largest absolute Gasteiger partial charge is 0.495 e. The molecule has 0 saturated carbocycles. The molecule has 2 N–H and O–H groups in total. The van der Waals surface area contributed by atoms with E-state index in [-0.39, 0.29) is 5.91 Å². The number of nitrogens with one attached hydrogen (secondary N) is 2. The first-order valence-corrected chi connectivity index (χ1v) is 8.21. The van der Waals surface area contributed by atoms with Crippen LogP contribution in [0.4, 0.5) is 5.69 Å². The number of nitrogens with zero attached hydrogens (tertiary/aromatic N) is 1. The van der Waals surface area contributed by atoms with Gasteiger partial charge in [0, 0.05) is 18.0 Å². The molecule has 7 heteroatoms.